The second kappa shape index (κ2) is 10.7. The van der Waals surface area contributed by atoms with Crippen molar-refractivity contribution in [1.82, 2.24) is 10.6 Å². The summed E-state index contributed by atoms with van der Waals surface area (Å²) in [4.78, 5) is 12.0. The van der Waals surface area contributed by atoms with Crippen LogP contribution in [0.15, 0.2) is 16.6 Å². The minimum atomic E-state index is -0.134. The van der Waals surface area contributed by atoms with Crippen molar-refractivity contribution in [3.63, 3.8) is 0 Å². The van der Waals surface area contributed by atoms with Crippen molar-refractivity contribution in [3.05, 3.63) is 22.2 Å². The highest BCUT2D eigenvalue weighted by Crippen LogP contribution is 2.36. The SMILES string of the molecule is CCNCCNC(=O)c1cc(Br)c(OCC)c(OC)c1.Cl. The van der Waals surface area contributed by atoms with Gasteiger partial charge in [0.25, 0.3) is 5.91 Å². The van der Waals surface area contributed by atoms with E-state index in [-0.39, 0.29) is 18.3 Å². The van der Waals surface area contributed by atoms with E-state index in [0.717, 1.165) is 13.1 Å². The number of rotatable bonds is 8. The van der Waals surface area contributed by atoms with Crippen molar-refractivity contribution in [1.29, 1.82) is 0 Å². The average molecular weight is 382 g/mol. The van der Waals surface area contributed by atoms with Gasteiger partial charge >= 0.3 is 0 Å². The molecule has 0 spiro atoms. The van der Waals surface area contributed by atoms with E-state index in [9.17, 15) is 4.79 Å². The number of nitrogens with one attached hydrogen (secondary N) is 2. The van der Waals surface area contributed by atoms with Crippen LogP contribution in [0.3, 0.4) is 0 Å². The van der Waals surface area contributed by atoms with Crippen LogP contribution in [0.1, 0.15) is 24.2 Å². The third-order valence-corrected chi connectivity index (χ3v) is 3.21. The number of carbonyl (C=O) groups is 1. The number of halogens is 2. The zero-order valence-corrected chi connectivity index (χ0v) is 14.9. The average Bonchev–Trinajstić information content (AvgIpc) is 2.45. The lowest BCUT2D eigenvalue weighted by Crippen LogP contribution is -2.31. The zero-order chi connectivity index (χ0) is 15.0. The van der Waals surface area contributed by atoms with E-state index in [1.165, 1.54) is 0 Å². The second-order valence-electron chi connectivity index (χ2n) is 4.03. The molecule has 0 saturated carbocycles. The lowest BCUT2D eigenvalue weighted by Gasteiger charge is -2.13. The van der Waals surface area contributed by atoms with Crippen LogP contribution in [0.5, 0.6) is 11.5 Å². The summed E-state index contributed by atoms with van der Waals surface area (Å²) in [5.41, 5.74) is 0.536. The van der Waals surface area contributed by atoms with Gasteiger partial charge in [-0.3, -0.25) is 4.79 Å². The molecule has 0 aromatic heterocycles. The van der Waals surface area contributed by atoms with Crippen molar-refractivity contribution in [2.24, 2.45) is 0 Å². The molecule has 0 fully saturated rings. The van der Waals surface area contributed by atoms with Crippen LogP contribution in [0.2, 0.25) is 0 Å². The molecule has 5 nitrogen and oxygen atoms in total. The zero-order valence-electron chi connectivity index (χ0n) is 12.5. The fraction of sp³-hybridized carbons (Fsp3) is 0.500. The normalized spacial score (nSPS) is 9.71. The second-order valence-corrected chi connectivity index (χ2v) is 4.89. The van der Waals surface area contributed by atoms with E-state index in [0.29, 0.717) is 34.7 Å². The monoisotopic (exact) mass is 380 g/mol. The van der Waals surface area contributed by atoms with Gasteiger partial charge in [-0.15, -0.1) is 12.4 Å². The summed E-state index contributed by atoms with van der Waals surface area (Å²) >= 11 is 3.40. The maximum absolute atomic E-state index is 12.0. The summed E-state index contributed by atoms with van der Waals surface area (Å²) in [5.74, 6) is 1.02. The third-order valence-electron chi connectivity index (χ3n) is 2.62. The van der Waals surface area contributed by atoms with Crippen LogP contribution in [-0.4, -0.2) is 39.3 Å². The Morgan fingerprint density at radius 1 is 1.29 bits per heavy atom. The largest absolute Gasteiger partial charge is 0.493 e. The summed E-state index contributed by atoms with van der Waals surface area (Å²) in [6, 6.07) is 3.41. The maximum atomic E-state index is 12.0. The summed E-state index contributed by atoms with van der Waals surface area (Å²) in [5, 5.41) is 5.99. The molecule has 0 radical (unpaired) electrons. The first kappa shape index (κ1) is 20.0. The summed E-state index contributed by atoms with van der Waals surface area (Å²) in [7, 11) is 1.55. The number of ether oxygens (including phenoxy) is 2. The van der Waals surface area contributed by atoms with Crippen molar-refractivity contribution in [3.8, 4) is 11.5 Å². The Labute approximate surface area is 140 Å². The quantitative estimate of drug-likeness (QED) is 0.680. The van der Waals surface area contributed by atoms with E-state index < -0.39 is 0 Å². The lowest BCUT2D eigenvalue weighted by atomic mass is 10.2. The molecule has 0 aliphatic carbocycles. The molecule has 7 heteroatoms. The molecule has 21 heavy (non-hydrogen) atoms. The van der Waals surface area contributed by atoms with Crippen LogP contribution >= 0.6 is 28.3 Å². The van der Waals surface area contributed by atoms with Gasteiger partial charge in [0.15, 0.2) is 11.5 Å². The highest BCUT2D eigenvalue weighted by atomic mass is 79.9. The van der Waals surface area contributed by atoms with Crippen LogP contribution in [0.4, 0.5) is 0 Å². The summed E-state index contributed by atoms with van der Waals surface area (Å²) < 4.78 is 11.5. The molecule has 0 bridgehead atoms. The molecule has 1 aromatic carbocycles. The molecule has 0 aliphatic heterocycles. The van der Waals surface area contributed by atoms with Gasteiger partial charge < -0.3 is 20.1 Å². The van der Waals surface area contributed by atoms with Gasteiger partial charge in [-0.1, -0.05) is 6.92 Å². The van der Waals surface area contributed by atoms with Gasteiger partial charge in [0.05, 0.1) is 18.2 Å². The Hall–Kier alpha value is -0.980. The summed E-state index contributed by atoms with van der Waals surface area (Å²) in [6.07, 6.45) is 0. The molecule has 0 atom stereocenters. The number of hydrogen-bond acceptors (Lipinski definition) is 4. The number of methoxy groups -OCH3 is 1. The van der Waals surface area contributed by atoms with Crippen LogP contribution in [-0.2, 0) is 0 Å². The number of likely N-dealkylation sites (N-methyl/N-ethyl adjacent to an activating group) is 1. The van der Waals surface area contributed by atoms with Crippen LogP contribution < -0.4 is 20.1 Å². The van der Waals surface area contributed by atoms with Gasteiger partial charge in [0.2, 0.25) is 0 Å². The van der Waals surface area contributed by atoms with Crippen molar-refractivity contribution >= 4 is 34.2 Å². The highest BCUT2D eigenvalue weighted by molar-refractivity contribution is 9.10. The first-order valence-electron chi connectivity index (χ1n) is 6.63. The first-order chi connectivity index (χ1) is 9.63. The van der Waals surface area contributed by atoms with E-state index in [4.69, 9.17) is 9.47 Å². The van der Waals surface area contributed by atoms with Crippen molar-refractivity contribution in [2.45, 2.75) is 13.8 Å². The summed E-state index contributed by atoms with van der Waals surface area (Å²) in [6.45, 7) is 6.67. The standard InChI is InChI=1S/C14H21BrN2O3.ClH/c1-4-16-6-7-17-14(18)10-8-11(15)13(20-5-2)12(9-10)19-3;/h8-9,16H,4-7H2,1-3H3,(H,17,18);1H. The highest BCUT2D eigenvalue weighted by Gasteiger charge is 2.15. The van der Waals surface area contributed by atoms with Crippen LogP contribution in [0, 0.1) is 0 Å². The molecule has 1 amide bonds. The Balaban J connectivity index is 0.00000400. The van der Waals surface area contributed by atoms with E-state index in [1.54, 1.807) is 19.2 Å². The number of carbonyl (C=O) groups excluding carboxylic acids is 1. The molecule has 0 saturated heterocycles. The Morgan fingerprint density at radius 2 is 2.00 bits per heavy atom. The molecule has 120 valence electrons. The number of amides is 1. The molecule has 0 heterocycles. The van der Waals surface area contributed by atoms with Crippen LogP contribution in [0.25, 0.3) is 0 Å². The minimum absolute atomic E-state index is 0. The van der Waals surface area contributed by atoms with E-state index in [1.807, 2.05) is 13.8 Å². The molecule has 2 N–H and O–H groups in total. The van der Waals surface area contributed by atoms with Gasteiger partial charge in [0.1, 0.15) is 0 Å². The Kier molecular flexibility index (Phi) is 10.2. The fourth-order valence-corrected chi connectivity index (χ4v) is 2.24. The Morgan fingerprint density at radius 3 is 2.57 bits per heavy atom. The molecule has 1 rings (SSSR count). The van der Waals surface area contributed by atoms with Crippen molar-refractivity contribution < 1.29 is 14.3 Å². The molecule has 0 aliphatic rings. The predicted molar refractivity (Wildman–Crippen MR) is 90.0 cm³/mol. The van der Waals surface area contributed by atoms with Crippen molar-refractivity contribution in [2.75, 3.05) is 33.4 Å². The predicted octanol–water partition coefficient (Wildman–Crippen LogP) is 2.62. The minimum Gasteiger partial charge on any atom is -0.493 e. The number of hydrogen-bond donors (Lipinski definition) is 2. The molecular weight excluding hydrogens is 360 g/mol. The molecular formula is C14H22BrClN2O3. The van der Waals surface area contributed by atoms with Gasteiger partial charge in [0, 0.05) is 18.7 Å². The van der Waals surface area contributed by atoms with E-state index >= 15 is 0 Å². The maximum Gasteiger partial charge on any atom is 0.251 e. The van der Waals surface area contributed by atoms with Gasteiger partial charge in [-0.2, -0.15) is 0 Å². The Bertz CT molecular complexity index is 458. The molecule has 0 unspecified atom stereocenters. The lowest BCUT2D eigenvalue weighted by molar-refractivity contribution is 0.0953. The van der Waals surface area contributed by atoms with Gasteiger partial charge in [-0.25, -0.2) is 0 Å². The third kappa shape index (κ3) is 6.11. The molecule has 1 aromatic rings. The first-order valence-corrected chi connectivity index (χ1v) is 7.42. The topological polar surface area (TPSA) is 59.6 Å². The number of benzene rings is 1. The van der Waals surface area contributed by atoms with E-state index in [2.05, 4.69) is 26.6 Å². The fourth-order valence-electron chi connectivity index (χ4n) is 1.68. The van der Waals surface area contributed by atoms with Gasteiger partial charge in [-0.05, 0) is 41.5 Å². The smallest absolute Gasteiger partial charge is 0.251 e.